The fraction of sp³-hybridized carbons (Fsp3) is 0.455. The van der Waals surface area contributed by atoms with Crippen LogP contribution in [0.3, 0.4) is 0 Å². The van der Waals surface area contributed by atoms with Gasteiger partial charge in [0.2, 0.25) is 0 Å². The van der Waals surface area contributed by atoms with Crippen molar-refractivity contribution in [2.45, 2.75) is 6.17 Å². The second-order valence-corrected chi connectivity index (χ2v) is 3.99. The van der Waals surface area contributed by atoms with E-state index in [1.807, 2.05) is 6.07 Å². The maximum Gasteiger partial charge on any atom is 0.269 e. The first-order valence-electron chi connectivity index (χ1n) is 5.63. The average Bonchev–Trinajstić information content (AvgIpc) is 2.38. The van der Waals surface area contributed by atoms with Crippen LogP contribution in [0.15, 0.2) is 18.3 Å². The van der Waals surface area contributed by atoms with E-state index in [4.69, 9.17) is 5.73 Å². The summed E-state index contributed by atoms with van der Waals surface area (Å²) in [5, 5.41) is 5.71. The molecule has 1 aliphatic rings. The summed E-state index contributed by atoms with van der Waals surface area (Å²) in [5.74, 6) is -0.173. The van der Waals surface area contributed by atoms with Crippen LogP contribution < -0.4 is 21.3 Å². The Bertz CT molecular complexity index is 391. The highest BCUT2D eigenvalue weighted by Gasteiger charge is 2.16. The van der Waals surface area contributed by atoms with E-state index >= 15 is 0 Å². The predicted octanol–water partition coefficient (Wildman–Crippen LogP) is -0.864. The first-order valence-corrected chi connectivity index (χ1v) is 5.63. The van der Waals surface area contributed by atoms with E-state index in [1.165, 1.54) is 0 Å². The Morgan fingerprint density at radius 1 is 1.65 bits per heavy atom. The summed E-state index contributed by atoms with van der Waals surface area (Å²) < 4.78 is 0. The molecule has 0 aromatic carbocycles. The SMILES string of the molecule is CNC(=O)c1ccc(N2CCN[C@H](N)C2)cn1. The zero-order valence-electron chi connectivity index (χ0n) is 9.81. The van der Waals surface area contributed by atoms with E-state index in [9.17, 15) is 4.79 Å². The summed E-state index contributed by atoms with van der Waals surface area (Å²) >= 11 is 0. The molecule has 1 aromatic rings. The average molecular weight is 235 g/mol. The minimum atomic E-state index is -0.173. The summed E-state index contributed by atoms with van der Waals surface area (Å²) in [5.41, 5.74) is 7.25. The van der Waals surface area contributed by atoms with Gasteiger partial charge in [-0.2, -0.15) is 0 Å². The van der Waals surface area contributed by atoms with Gasteiger partial charge in [0.1, 0.15) is 5.69 Å². The number of aromatic nitrogens is 1. The van der Waals surface area contributed by atoms with Crippen LogP contribution in [0.1, 0.15) is 10.5 Å². The van der Waals surface area contributed by atoms with Crippen LogP contribution in [0, 0.1) is 0 Å². The Labute approximate surface area is 100 Å². The molecular formula is C11H17N5O. The number of piperazine rings is 1. The highest BCUT2D eigenvalue weighted by molar-refractivity contribution is 5.92. The van der Waals surface area contributed by atoms with Crippen molar-refractivity contribution in [3.05, 3.63) is 24.0 Å². The van der Waals surface area contributed by atoms with Gasteiger partial charge in [-0.3, -0.25) is 10.1 Å². The van der Waals surface area contributed by atoms with Gasteiger partial charge < -0.3 is 16.0 Å². The Morgan fingerprint density at radius 3 is 3.06 bits per heavy atom. The molecule has 1 aromatic heterocycles. The standard InChI is InChI=1S/C11H17N5O/c1-13-11(17)9-3-2-8(6-15-9)16-5-4-14-10(12)7-16/h2-3,6,10,14H,4-5,7,12H2,1H3,(H,13,17)/t10-/m0/s1. The molecule has 6 heteroatoms. The number of amides is 1. The molecule has 1 amide bonds. The Kier molecular flexibility index (Phi) is 3.55. The number of hydrogen-bond donors (Lipinski definition) is 3. The lowest BCUT2D eigenvalue weighted by Crippen LogP contribution is -2.55. The molecule has 4 N–H and O–H groups in total. The molecule has 6 nitrogen and oxygen atoms in total. The van der Waals surface area contributed by atoms with Crippen molar-refractivity contribution in [2.24, 2.45) is 5.73 Å². The summed E-state index contributed by atoms with van der Waals surface area (Å²) in [7, 11) is 1.59. The van der Waals surface area contributed by atoms with Gasteiger partial charge in [0.25, 0.3) is 5.91 Å². The molecule has 0 unspecified atom stereocenters. The number of nitrogens with zero attached hydrogens (tertiary/aromatic N) is 2. The lowest BCUT2D eigenvalue weighted by molar-refractivity contribution is 0.0958. The van der Waals surface area contributed by atoms with Crippen LogP contribution in [0.4, 0.5) is 5.69 Å². The van der Waals surface area contributed by atoms with Gasteiger partial charge in [-0.15, -0.1) is 0 Å². The van der Waals surface area contributed by atoms with E-state index < -0.39 is 0 Å². The Hall–Kier alpha value is -1.66. The molecular weight excluding hydrogens is 218 g/mol. The van der Waals surface area contributed by atoms with E-state index in [2.05, 4.69) is 20.5 Å². The predicted molar refractivity (Wildman–Crippen MR) is 65.8 cm³/mol. The number of rotatable bonds is 2. The topological polar surface area (TPSA) is 83.3 Å². The third-order valence-electron chi connectivity index (χ3n) is 2.78. The normalized spacial score (nSPS) is 20.1. The molecule has 0 aliphatic carbocycles. The molecule has 92 valence electrons. The van der Waals surface area contributed by atoms with Gasteiger partial charge >= 0.3 is 0 Å². The molecule has 0 saturated carbocycles. The van der Waals surface area contributed by atoms with Crippen LogP contribution in [0.2, 0.25) is 0 Å². The first kappa shape index (κ1) is 11.8. The smallest absolute Gasteiger partial charge is 0.269 e. The molecule has 0 radical (unpaired) electrons. The van der Waals surface area contributed by atoms with E-state index in [0.717, 1.165) is 25.3 Å². The van der Waals surface area contributed by atoms with E-state index in [0.29, 0.717) is 5.69 Å². The molecule has 1 fully saturated rings. The minimum Gasteiger partial charge on any atom is -0.366 e. The minimum absolute atomic E-state index is 0.0117. The fourth-order valence-corrected chi connectivity index (χ4v) is 1.85. The number of carbonyl (C=O) groups excluding carboxylic acids is 1. The molecule has 2 heterocycles. The Morgan fingerprint density at radius 2 is 2.47 bits per heavy atom. The summed E-state index contributed by atoms with van der Waals surface area (Å²) in [6.45, 7) is 2.51. The zero-order chi connectivity index (χ0) is 12.3. The van der Waals surface area contributed by atoms with Crippen molar-refractivity contribution in [3.8, 4) is 0 Å². The fourth-order valence-electron chi connectivity index (χ4n) is 1.85. The lowest BCUT2D eigenvalue weighted by atomic mass is 10.2. The van der Waals surface area contributed by atoms with Gasteiger partial charge in [-0.25, -0.2) is 4.98 Å². The molecule has 1 saturated heterocycles. The van der Waals surface area contributed by atoms with Gasteiger partial charge in [-0.1, -0.05) is 0 Å². The number of hydrogen-bond acceptors (Lipinski definition) is 5. The number of carbonyl (C=O) groups is 1. The summed E-state index contributed by atoms with van der Waals surface area (Å²) in [6, 6.07) is 3.62. The monoisotopic (exact) mass is 235 g/mol. The molecule has 0 spiro atoms. The van der Waals surface area contributed by atoms with Crippen molar-refractivity contribution in [1.29, 1.82) is 0 Å². The van der Waals surface area contributed by atoms with Crippen molar-refractivity contribution in [3.63, 3.8) is 0 Å². The summed E-state index contributed by atoms with van der Waals surface area (Å²) in [6.07, 6.45) is 1.70. The maximum absolute atomic E-state index is 11.3. The van der Waals surface area contributed by atoms with Gasteiger partial charge in [0.15, 0.2) is 0 Å². The van der Waals surface area contributed by atoms with Crippen molar-refractivity contribution in [2.75, 3.05) is 31.6 Å². The van der Waals surface area contributed by atoms with E-state index in [1.54, 1.807) is 19.3 Å². The summed E-state index contributed by atoms with van der Waals surface area (Å²) in [4.78, 5) is 17.6. The number of pyridine rings is 1. The van der Waals surface area contributed by atoms with Crippen molar-refractivity contribution in [1.82, 2.24) is 15.6 Å². The zero-order valence-corrected chi connectivity index (χ0v) is 9.81. The highest BCUT2D eigenvalue weighted by atomic mass is 16.1. The highest BCUT2D eigenvalue weighted by Crippen LogP contribution is 2.14. The molecule has 1 atom stereocenters. The molecule has 0 bridgehead atoms. The third kappa shape index (κ3) is 2.72. The van der Waals surface area contributed by atoms with Gasteiger partial charge in [-0.05, 0) is 12.1 Å². The number of nitrogens with one attached hydrogen (secondary N) is 2. The van der Waals surface area contributed by atoms with Crippen LogP contribution in [-0.4, -0.2) is 43.7 Å². The van der Waals surface area contributed by atoms with E-state index in [-0.39, 0.29) is 12.1 Å². The van der Waals surface area contributed by atoms with Crippen molar-refractivity contribution >= 4 is 11.6 Å². The first-order chi connectivity index (χ1) is 8.20. The van der Waals surface area contributed by atoms with Crippen LogP contribution in [-0.2, 0) is 0 Å². The molecule has 2 rings (SSSR count). The lowest BCUT2D eigenvalue weighted by Gasteiger charge is -2.33. The van der Waals surface area contributed by atoms with Gasteiger partial charge in [0.05, 0.1) is 18.1 Å². The van der Waals surface area contributed by atoms with Crippen molar-refractivity contribution < 1.29 is 4.79 Å². The second-order valence-electron chi connectivity index (χ2n) is 3.99. The third-order valence-corrected chi connectivity index (χ3v) is 2.78. The van der Waals surface area contributed by atoms with Crippen LogP contribution in [0.25, 0.3) is 0 Å². The largest absolute Gasteiger partial charge is 0.366 e. The molecule has 1 aliphatic heterocycles. The number of anilines is 1. The van der Waals surface area contributed by atoms with Gasteiger partial charge in [0, 0.05) is 26.7 Å². The maximum atomic E-state index is 11.3. The second kappa shape index (κ2) is 5.11. The molecule has 17 heavy (non-hydrogen) atoms. The van der Waals surface area contributed by atoms with Crippen LogP contribution >= 0.6 is 0 Å². The van der Waals surface area contributed by atoms with Crippen LogP contribution in [0.5, 0.6) is 0 Å². The quantitative estimate of drug-likeness (QED) is 0.621. The number of nitrogens with two attached hydrogens (primary N) is 1. The Balaban J connectivity index is 2.09.